The molecular formula is C17H37NO4. The topological polar surface area (TPSA) is 95.9 Å². The minimum Gasteiger partial charge on any atom is -0.390 e. The molecule has 5 N–H and O–H groups in total. The number of hydrogen-bond donors (Lipinski definition) is 4. The predicted molar refractivity (Wildman–Crippen MR) is 89.2 cm³/mol. The molecule has 0 saturated carbocycles. The third-order valence-corrected chi connectivity index (χ3v) is 4.90. The molecule has 0 fully saturated rings. The van der Waals surface area contributed by atoms with Crippen LogP contribution in [0.2, 0.25) is 0 Å². The van der Waals surface area contributed by atoms with Gasteiger partial charge in [0.05, 0.1) is 18.3 Å². The number of nitrogens with two attached hydrogens (primary N) is 1. The molecule has 0 aromatic heterocycles. The van der Waals surface area contributed by atoms with Gasteiger partial charge in [0.15, 0.2) is 0 Å². The zero-order chi connectivity index (χ0) is 17.7. The molecule has 0 aromatic carbocycles. The van der Waals surface area contributed by atoms with Gasteiger partial charge in [-0.2, -0.15) is 0 Å². The van der Waals surface area contributed by atoms with E-state index in [1.54, 1.807) is 13.8 Å². The maximum atomic E-state index is 10.9. The summed E-state index contributed by atoms with van der Waals surface area (Å²) in [5.41, 5.74) is 2.97. The van der Waals surface area contributed by atoms with Gasteiger partial charge in [-0.3, -0.25) is 0 Å². The van der Waals surface area contributed by atoms with Crippen molar-refractivity contribution in [2.45, 2.75) is 72.3 Å². The molecule has 5 nitrogen and oxygen atoms in total. The quantitative estimate of drug-likeness (QED) is 0.460. The maximum Gasteiger partial charge on any atom is 0.113 e. The Morgan fingerprint density at radius 3 is 1.91 bits per heavy atom. The average Bonchev–Trinajstić information content (AvgIpc) is 2.40. The number of rotatable bonds is 10. The van der Waals surface area contributed by atoms with Crippen molar-refractivity contribution in [1.29, 1.82) is 0 Å². The molecule has 5 heteroatoms. The minimum atomic E-state index is -1.45. The van der Waals surface area contributed by atoms with Crippen LogP contribution >= 0.6 is 0 Å². The lowest BCUT2D eigenvalue weighted by atomic mass is 9.71. The minimum absolute atomic E-state index is 0.109. The third kappa shape index (κ3) is 6.13. The Balaban J connectivity index is 5.16. The van der Waals surface area contributed by atoms with E-state index in [9.17, 15) is 15.3 Å². The SMILES string of the molecule is CCC(C)COCC(C(C)C(C)(N)O)C(C)(O)C(O)C(C)C. The van der Waals surface area contributed by atoms with Gasteiger partial charge < -0.3 is 25.8 Å². The highest BCUT2D eigenvalue weighted by Crippen LogP contribution is 2.35. The highest BCUT2D eigenvalue weighted by atomic mass is 16.5. The molecular weight excluding hydrogens is 282 g/mol. The fourth-order valence-electron chi connectivity index (χ4n) is 2.63. The molecule has 0 heterocycles. The van der Waals surface area contributed by atoms with Crippen molar-refractivity contribution < 1.29 is 20.1 Å². The van der Waals surface area contributed by atoms with Crippen LogP contribution in [0, 0.1) is 23.7 Å². The largest absolute Gasteiger partial charge is 0.390 e. The molecule has 22 heavy (non-hydrogen) atoms. The summed E-state index contributed by atoms with van der Waals surface area (Å²) in [4.78, 5) is 0. The summed E-state index contributed by atoms with van der Waals surface area (Å²) in [5, 5.41) is 31.4. The molecule has 0 bridgehead atoms. The zero-order valence-corrected chi connectivity index (χ0v) is 15.3. The Bertz CT molecular complexity index is 312. The van der Waals surface area contributed by atoms with Gasteiger partial charge in [-0.05, 0) is 25.7 Å². The van der Waals surface area contributed by atoms with Crippen LogP contribution in [0.25, 0.3) is 0 Å². The molecule has 0 rings (SSSR count). The Kier molecular flexibility index (Phi) is 8.52. The van der Waals surface area contributed by atoms with Gasteiger partial charge >= 0.3 is 0 Å². The summed E-state index contributed by atoms with van der Waals surface area (Å²) in [5.74, 6) is -0.599. The van der Waals surface area contributed by atoms with Gasteiger partial charge in [-0.25, -0.2) is 0 Å². The number of hydrogen-bond acceptors (Lipinski definition) is 5. The molecule has 0 saturated heterocycles. The summed E-state index contributed by atoms with van der Waals surface area (Å²) in [6, 6.07) is 0. The van der Waals surface area contributed by atoms with Crippen molar-refractivity contribution in [3.63, 3.8) is 0 Å². The number of aliphatic hydroxyl groups is 3. The summed E-state index contributed by atoms with van der Waals surface area (Å²) in [6.07, 6.45) is 0.0920. The monoisotopic (exact) mass is 319 g/mol. The van der Waals surface area contributed by atoms with Crippen LogP contribution in [0.3, 0.4) is 0 Å². The fourth-order valence-corrected chi connectivity index (χ4v) is 2.63. The highest BCUT2D eigenvalue weighted by Gasteiger charge is 2.46. The van der Waals surface area contributed by atoms with E-state index in [4.69, 9.17) is 10.5 Å². The molecule has 6 atom stereocenters. The van der Waals surface area contributed by atoms with Gasteiger partial charge in [-0.15, -0.1) is 0 Å². The second kappa shape index (κ2) is 8.60. The van der Waals surface area contributed by atoms with Crippen LogP contribution in [0.1, 0.15) is 54.9 Å². The number of ether oxygens (including phenoxy) is 1. The first-order valence-electron chi connectivity index (χ1n) is 8.35. The van der Waals surface area contributed by atoms with Crippen molar-refractivity contribution in [1.82, 2.24) is 0 Å². The molecule has 0 amide bonds. The van der Waals surface area contributed by atoms with E-state index in [1.165, 1.54) is 6.92 Å². The molecule has 134 valence electrons. The summed E-state index contributed by atoms with van der Waals surface area (Å²) < 4.78 is 5.74. The lowest BCUT2D eigenvalue weighted by Gasteiger charge is -2.44. The van der Waals surface area contributed by atoms with Crippen LogP contribution in [-0.2, 0) is 4.74 Å². The highest BCUT2D eigenvalue weighted by molar-refractivity contribution is 4.96. The summed E-state index contributed by atoms with van der Waals surface area (Å²) in [6.45, 7) is 13.6. The van der Waals surface area contributed by atoms with E-state index in [0.29, 0.717) is 12.5 Å². The van der Waals surface area contributed by atoms with E-state index in [0.717, 1.165) is 6.42 Å². The molecule has 6 unspecified atom stereocenters. The first kappa shape index (κ1) is 21.8. The standard InChI is InChI=1S/C17H37NO4/c1-8-12(4)9-22-10-14(13(5)17(7,18)21)16(6,20)15(19)11(2)3/h11-15,19-21H,8-10,18H2,1-7H3. The van der Waals surface area contributed by atoms with E-state index >= 15 is 0 Å². The molecule has 0 aliphatic rings. The van der Waals surface area contributed by atoms with Gasteiger partial charge in [0, 0.05) is 18.4 Å². The Morgan fingerprint density at radius 2 is 1.55 bits per heavy atom. The maximum absolute atomic E-state index is 10.9. The smallest absolute Gasteiger partial charge is 0.113 e. The Hall–Kier alpha value is -0.200. The first-order chi connectivity index (χ1) is 9.85. The van der Waals surface area contributed by atoms with Crippen molar-refractivity contribution in [3.8, 4) is 0 Å². The Morgan fingerprint density at radius 1 is 1.05 bits per heavy atom. The van der Waals surface area contributed by atoms with Crippen LogP contribution in [0.4, 0.5) is 0 Å². The zero-order valence-electron chi connectivity index (χ0n) is 15.3. The predicted octanol–water partition coefficient (Wildman–Crippen LogP) is 1.74. The molecule has 0 radical (unpaired) electrons. The van der Waals surface area contributed by atoms with Crippen LogP contribution < -0.4 is 5.73 Å². The van der Waals surface area contributed by atoms with Gasteiger partial charge in [-0.1, -0.05) is 41.0 Å². The van der Waals surface area contributed by atoms with Crippen molar-refractivity contribution >= 4 is 0 Å². The van der Waals surface area contributed by atoms with E-state index in [1.807, 2.05) is 13.8 Å². The van der Waals surface area contributed by atoms with E-state index in [2.05, 4.69) is 13.8 Å². The third-order valence-electron chi connectivity index (χ3n) is 4.90. The average molecular weight is 319 g/mol. The lowest BCUT2D eigenvalue weighted by Crippen LogP contribution is -2.58. The van der Waals surface area contributed by atoms with Crippen molar-refractivity contribution in [3.05, 3.63) is 0 Å². The second-order valence-electron chi connectivity index (χ2n) is 7.59. The van der Waals surface area contributed by atoms with Crippen LogP contribution in [0.5, 0.6) is 0 Å². The van der Waals surface area contributed by atoms with Gasteiger partial charge in [0.25, 0.3) is 0 Å². The molecule has 0 aliphatic carbocycles. The lowest BCUT2D eigenvalue weighted by molar-refractivity contribution is -0.170. The molecule has 0 spiro atoms. The number of aliphatic hydroxyl groups excluding tert-OH is 1. The normalized spacial score (nSPS) is 23.5. The molecule has 0 aliphatic heterocycles. The summed E-state index contributed by atoms with van der Waals surface area (Å²) in [7, 11) is 0. The van der Waals surface area contributed by atoms with Gasteiger partial charge in [0.1, 0.15) is 5.72 Å². The first-order valence-corrected chi connectivity index (χ1v) is 8.35. The van der Waals surface area contributed by atoms with Crippen LogP contribution in [0.15, 0.2) is 0 Å². The van der Waals surface area contributed by atoms with Crippen molar-refractivity contribution in [2.24, 2.45) is 29.4 Å². The Labute approximate surface area is 135 Å². The van der Waals surface area contributed by atoms with Crippen LogP contribution in [-0.4, -0.2) is 46.0 Å². The molecule has 0 aromatic rings. The van der Waals surface area contributed by atoms with Crippen molar-refractivity contribution in [2.75, 3.05) is 13.2 Å². The second-order valence-corrected chi connectivity index (χ2v) is 7.59. The van der Waals surface area contributed by atoms with E-state index in [-0.39, 0.29) is 12.5 Å². The van der Waals surface area contributed by atoms with Gasteiger partial charge in [0.2, 0.25) is 0 Å². The van der Waals surface area contributed by atoms with E-state index < -0.39 is 29.3 Å². The summed E-state index contributed by atoms with van der Waals surface area (Å²) >= 11 is 0. The fraction of sp³-hybridized carbons (Fsp3) is 1.00.